The van der Waals surface area contributed by atoms with Crippen LogP contribution >= 0.6 is 0 Å². The van der Waals surface area contributed by atoms with E-state index < -0.39 is 0 Å². The molecule has 0 unspecified atom stereocenters. The molecule has 0 spiro atoms. The predicted molar refractivity (Wildman–Crippen MR) is 83.4 cm³/mol. The third kappa shape index (κ3) is 4.05. The summed E-state index contributed by atoms with van der Waals surface area (Å²) in [4.78, 5) is 2.46. The molecule has 0 amide bonds. The Morgan fingerprint density at radius 2 is 2.05 bits per heavy atom. The number of aryl methyl sites for hydroxylation is 1. The summed E-state index contributed by atoms with van der Waals surface area (Å²) in [5, 5.41) is 8.27. The third-order valence-corrected chi connectivity index (χ3v) is 4.74. The van der Waals surface area contributed by atoms with Gasteiger partial charge in [-0.05, 0) is 19.8 Å². The number of morpholine rings is 1. The second-order valence-electron chi connectivity index (χ2n) is 6.29. The van der Waals surface area contributed by atoms with Gasteiger partial charge in [-0.1, -0.05) is 12.8 Å². The average Bonchev–Trinajstić information content (AvgIpc) is 3.15. The second-order valence-corrected chi connectivity index (χ2v) is 6.29. The third-order valence-electron chi connectivity index (χ3n) is 4.74. The van der Waals surface area contributed by atoms with Gasteiger partial charge in [0.2, 0.25) is 0 Å². The topological polar surface area (TPSA) is 42.3 Å². The van der Waals surface area contributed by atoms with Crippen molar-refractivity contribution < 1.29 is 4.74 Å². The molecule has 0 aromatic carbocycles. The fourth-order valence-electron chi connectivity index (χ4n) is 3.33. The molecule has 1 N–H and O–H groups in total. The summed E-state index contributed by atoms with van der Waals surface area (Å²) < 4.78 is 7.58. The zero-order valence-electron chi connectivity index (χ0n) is 13.2. The molecule has 21 heavy (non-hydrogen) atoms. The maximum atomic E-state index is 5.37. The number of hydrogen-bond donors (Lipinski definition) is 1. The Kier molecular flexibility index (Phi) is 5.27. The molecular weight excluding hydrogens is 264 g/mol. The van der Waals surface area contributed by atoms with E-state index in [0.29, 0.717) is 6.04 Å². The minimum absolute atomic E-state index is 0.644. The van der Waals surface area contributed by atoms with E-state index in [2.05, 4.69) is 28.0 Å². The molecule has 2 heterocycles. The van der Waals surface area contributed by atoms with Crippen LogP contribution in [0.4, 0.5) is 0 Å². The van der Waals surface area contributed by atoms with Crippen LogP contribution in [0.1, 0.15) is 43.0 Å². The number of nitrogens with zero attached hydrogens (tertiary/aromatic N) is 3. The average molecular weight is 292 g/mol. The Labute approximate surface area is 127 Å². The van der Waals surface area contributed by atoms with Crippen LogP contribution in [0.2, 0.25) is 0 Å². The summed E-state index contributed by atoms with van der Waals surface area (Å²) in [5.74, 6) is 0. The zero-order valence-corrected chi connectivity index (χ0v) is 13.2. The van der Waals surface area contributed by atoms with Gasteiger partial charge in [0.05, 0.1) is 24.9 Å². The highest BCUT2D eigenvalue weighted by Gasteiger charge is 2.18. The second kappa shape index (κ2) is 7.38. The van der Waals surface area contributed by atoms with Gasteiger partial charge in [0.15, 0.2) is 0 Å². The van der Waals surface area contributed by atoms with E-state index in [-0.39, 0.29) is 0 Å². The molecule has 1 saturated heterocycles. The van der Waals surface area contributed by atoms with Gasteiger partial charge in [0.25, 0.3) is 0 Å². The Hall–Kier alpha value is -0.910. The quantitative estimate of drug-likeness (QED) is 0.811. The lowest BCUT2D eigenvalue weighted by atomic mass is 10.2. The van der Waals surface area contributed by atoms with Gasteiger partial charge in [-0.2, -0.15) is 5.10 Å². The van der Waals surface area contributed by atoms with Crippen LogP contribution in [0.25, 0.3) is 0 Å². The Morgan fingerprint density at radius 1 is 1.29 bits per heavy atom. The first kappa shape index (κ1) is 15.0. The predicted octanol–water partition coefficient (Wildman–Crippen LogP) is 1.73. The number of ether oxygens (including phenoxy) is 1. The van der Waals surface area contributed by atoms with Gasteiger partial charge < -0.3 is 10.1 Å². The molecule has 1 aliphatic carbocycles. The fraction of sp³-hybridized carbons (Fsp3) is 0.812. The molecule has 1 saturated carbocycles. The van der Waals surface area contributed by atoms with Crippen molar-refractivity contribution in [1.29, 1.82) is 0 Å². The molecule has 5 heteroatoms. The van der Waals surface area contributed by atoms with Crippen LogP contribution in [-0.4, -0.2) is 54.1 Å². The molecule has 1 aliphatic heterocycles. The number of hydrogen-bond acceptors (Lipinski definition) is 4. The van der Waals surface area contributed by atoms with Crippen molar-refractivity contribution in [3.63, 3.8) is 0 Å². The van der Waals surface area contributed by atoms with Crippen molar-refractivity contribution in [2.75, 3.05) is 39.4 Å². The summed E-state index contributed by atoms with van der Waals surface area (Å²) in [7, 11) is 0. The lowest BCUT2D eigenvalue weighted by molar-refractivity contribution is 0.0384. The van der Waals surface area contributed by atoms with Gasteiger partial charge in [-0.15, -0.1) is 0 Å². The standard InChI is InChI=1S/C16H28N4O/c1-14-15(13-20(18-14)16-4-2-3-5-16)12-17-6-7-19-8-10-21-11-9-19/h13,16-17H,2-12H2,1H3. The Morgan fingerprint density at radius 3 is 2.81 bits per heavy atom. The zero-order chi connectivity index (χ0) is 14.5. The minimum Gasteiger partial charge on any atom is -0.379 e. The monoisotopic (exact) mass is 292 g/mol. The van der Waals surface area contributed by atoms with Crippen molar-refractivity contribution >= 4 is 0 Å². The van der Waals surface area contributed by atoms with E-state index in [1.54, 1.807) is 0 Å². The Bertz CT molecular complexity index is 433. The molecule has 2 fully saturated rings. The number of nitrogens with one attached hydrogen (secondary N) is 1. The van der Waals surface area contributed by atoms with Crippen molar-refractivity contribution in [3.05, 3.63) is 17.5 Å². The van der Waals surface area contributed by atoms with Crippen molar-refractivity contribution in [1.82, 2.24) is 20.0 Å². The van der Waals surface area contributed by atoms with E-state index in [0.717, 1.165) is 45.9 Å². The SMILES string of the molecule is Cc1nn(C2CCCC2)cc1CNCCN1CCOCC1. The van der Waals surface area contributed by atoms with Gasteiger partial charge in [0.1, 0.15) is 0 Å². The van der Waals surface area contributed by atoms with Gasteiger partial charge in [-0.3, -0.25) is 9.58 Å². The molecule has 1 aromatic heterocycles. The maximum absolute atomic E-state index is 5.37. The van der Waals surface area contributed by atoms with E-state index in [4.69, 9.17) is 9.84 Å². The van der Waals surface area contributed by atoms with Crippen molar-refractivity contribution in [2.24, 2.45) is 0 Å². The van der Waals surface area contributed by atoms with Crippen LogP contribution in [-0.2, 0) is 11.3 Å². The summed E-state index contributed by atoms with van der Waals surface area (Å²) in [6, 6.07) is 0.644. The summed E-state index contributed by atoms with van der Waals surface area (Å²) in [5.41, 5.74) is 2.53. The Balaban J connectivity index is 1.42. The lowest BCUT2D eigenvalue weighted by Gasteiger charge is -2.26. The van der Waals surface area contributed by atoms with Crippen LogP contribution < -0.4 is 5.32 Å². The van der Waals surface area contributed by atoms with Gasteiger partial charge in [-0.25, -0.2) is 0 Å². The first-order valence-corrected chi connectivity index (χ1v) is 8.38. The normalized spacial score (nSPS) is 21.2. The molecule has 3 rings (SSSR count). The molecule has 0 bridgehead atoms. The smallest absolute Gasteiger partial charge is 0.0638 e. The summed E-state index contributed by atoms with van der Waals surface area (Å²) in [6.45, 7) is 9.11. The highest BCUT2D eigenvalue weighted by Crippen LogP contribution is 2.29. The molecule has 0 radical (unpaired) electrons. The largest absolute Gasteiger partial charge is 0.379 e. The molecule has 2 aliphatic rings. The molecule has 118 valence electrons. The molecule has 0 atom stereocenters. The van der Waals surface area contributed by atoms with Gasteiger partial charge >= 0.3 is 0 Å². The molecule has 5 nitrogen and oxygen atoms in total. The van der Waals surface area contributed by atoms with Crippen molar-refractivity contribution in [3.8, 4) is 0 Å². The van der Waals surface area contributed by atoms with Crippen LogP contribution in [0.3, 0.4) is 0 Å². The molecular formula is C16H28N4O. The number of aromatic nitrogens is 2. The maximum Gasteiger partial charge on any atom is 0.0638 e. The van der Waals surface area contributed by atoms with E-state index in [1.807, 2.05) is 0 Å². The summed E-state index contributed by atoms with van der Waals surface area (Å²) >= 11 is 0. The first-order chi connectivity index (χ1) is 10.3. The molecule has 1 aromatic rings. The van der Waals surface area contributed by atoms with E-state index in [9.17, 15) is 0 Å². The van der Waals surface area contributed by atoms with Gasteiger partial charge in [0, 0.05) is 44.5 Å². The van der Waals surface area contributed by atoms with Crippen molar-refractivity contribution in [2.45, 2.75) is 45.2 Å². The first-order valence-electron chi connectivity index (χ1n) is 8.38. The lowest BCUT2D eigenvalue weighted by Crippen LogP contribution is -2.40. The number of rotatable bonds is 6. The minimum atomic E-state index is 0.644. The highest BCUT2D eigenvalue weighted by atomic mass is 16.5. The fourth-order valence-corrected chi connectivity index (χ4v) is 3.33. The highest BCUT2D eigenvalue weighted by molar-refractivity contribution is 5.15. The van der Waals surface area contributed by atoms with Crippen LogP contribution in [0.15, 0.2) is 6.20 Å². The van der Waals surface area contributed by atoms with E-state index in [1.165, 1.54) is 36.9 Å². The summed E-state index contributed by atoms with van der Waals surface area (Å²) in [6.07, 6.45) is 7.57. The van der Waals surface area contributed by atoms with E-state index >= 15 is 0 Å². The van der Waals surface area contributed by atoms with Crippen LogP contribution in [0.5, 0.6) is 0 Å². The van der Waals surface area contributed by atoms with Crippen LogP contribution in [0, 0.1) is 6.92 Å².